The van der Waals surface area contributed by atoms with E-state index in [1.165, 1.54) is 18.3 Å². The number of carboxylic acids is 1. The largest absolute Gasteiger partial charge is 0.480 e. The van der Waals surface area contributed by atoms with Gasteiger partial charge in [-0.1, -0.05) is 42.5 Å². The van der Waals surface area contributed by atoms with Crippen LogP contribution in [0.5, 0.6) is 0 Å². The van der Waals surface area contributed by atoms with Gasteiger partial charge in [0.25, 0.3) is 10.0 Å². The number of hydrogen-bond acceptors (Lipinski definition) is 9. The van der Waals surface area contributed by atoms with E-state index >= 15 is 0 Å². The van der Waals surface area contributed by atoms with Crippen molar-refractivity contribution in [1.82, 2.24) is 9.48 Å². The quantitative estimate of drug-likeness (QED) is 0.231. The van der Waals surface area contributed by atoms with Crippen molar-refractivity contribution in [3.8, 4) is 0 Å². The molecule has 0 aliphatic carbocycles. The number of hydroxylamine groups is 2. The van der Waals surface area contributed by atoms with Crippen LogP contribution in [0.3, 0.4) is 0 Å². The fourth-order valence-corrected chi connectivity index (χ4v) is 5.52. The average Bonchev–Trinajstić information content (AvgIpc) is 3.17. The van der Waals surface area contributed by atoms with Gasteiger partial charge >= 0.3 is 5.97 Å². The number of carboxylic acid groups (broad SMARTS) is 1. The normalized spacial score (nSPS) is 19.3. The van der Waals surface area contributed by atoms with Crippen molar-refractivity contribution in [3.05, 3.63) is 65.2 Å². The van der Waals surface area contributed by atoms with Crippen LogP contribution >= 0.6 is 12.4 Å². The van der Waals surface area contributed by atoms with E-state index in [0.717, 1.165) is 11.1 Å². The summed E-state index contributed by atoms with van der Waals surface area (Å²) in [5.74, 6) is 8.95. The summed E-state index contributed by atoms with van der Waals surface area (Å²) in [6.07, 6.45) is 0.868. The van der Waals surface area contributed by atoms with Gasteiger partial charge in [0.1, 0.15) is 11.8 Å². The Bertz CT molecular complexity index is 1210. The highest BCUT2D eigenvalue weighted by molar-refractivity contribution is 7.89. The minimum absolute atomic E-state index is 0. The number of nitrogens with zero attached hydrogens (tertiary/aromatic N) is 3. The van der Waals surface area contributed by atoms with Crippen molar-refractivity contribution in [1.29, 1.82) is 0 Å². The first-order valence-corrected chi connectivity index (χ1v) is 12.3. The number of hydrazone groups is 1. The molecule has 3 rings (SSSR count). The molecule has 0 aromatic heterocycles. The first-order valence-electron chi connectivity index (χ1n) is 10.9. The maximum atomic E-state index is 12.9. The van der Waals surface area contributed by atoms with Gasteiger partial charge in [-0.25, -0.2) is 8.42 Å². The molecule has 5 N–H and O–H groups in total. The molecule has 1 aliphatic rings. The predicted molar refractivity (Wildman–Crippen MR) is 136 cm³/mol. The third-order valence-corrected chi connectivity index (χ3v) is 7.73. The lowest BCUT2D eigenvalue weighted by Crippen LogP contribution is -2.50. The molecule has 1 saturated heterocycles. The van der Waals surface area contributed by atoms with Gasteiger partial charge in [0, 0.05) is 19.9 Å². The van der Waals surface area contributed by atoms with E-state index < -0.39 is 40.3 Å². The first-order chi connectivity index (χ1) is 16.5. The molecule has 1 fully saturated rings. The third-order valence-electron chi connectivity index (χ3n) is 5.90. The molecule has 0 radical (unpaired) electrons. The van der Waals surface area contributed by atoms with Crippen molar-refractivity contribution in [2.75, 3.05) is 7.05 Å². The molecule has 0 bridgehead atoms. The molecule has 13 heteroatoms. The van der Waals surface area contributed by atoms with E-state index in [9.17, 15) is 23.1 Å². The molecule has 0 spiro atoms. The second-order valence-electron chi connectivity index (χ2n) is 8.37. The molecule has 1 aliphatic heterocycles. The molecule has 36 heavy (non-hydrogen) atoms. The number of carbonyl (C=O) groups is 2. The highest BCUT2D eigenvalue weighted by Crippen LogP contribution is 2.34. The molecule has 2 aromatic carbocycles. The molecule has 2 aromatic rings. The number of aliphatic carboxylic acids is 1. The van der Waals surface area contributed by atoms with Crippen LogP contribution in [0.25, 0.3) is 0 Å². The van der Waals surface area contributed by atoms with E-state index in [0.29, 0.717) is 12.0 Å². The number of hydrazine groups is 1. The van der Waals surface area contributed by atoms with Crippen LogP contribution < -0.4 is 11.7 Å². The summed E-state index contributed by atoms with van der Waals surface area (Å²) in [6.45, 7) is 1.57. The predicted octanol–water partition coefficient (Wildman–Crippen LogP) is 1.75. The topological polar surface area (TPSA) is 169 Å². The summed E-state index contributed by atoms with van der Waals surface area (Å²) in [4.78, 5) is 30.3. The first kappa shape index (κ1) is 29.4. The summed E-state index contributed by atoms with van der Waals surface area (Å²) >= 11 is 0. The van der Waals surface area contributed by atoms with Crippen molar-refractivity contribution < 1.29 is 28.0 Å². The zero-order chi connectivity index (χ0) is 25.8. The number of sulfonamides is 1. The lowest BCUT2D eigenvalue weighted by molar-refractivity contribution is -0.153. The van der Waals surface area contributed by atoms with E-state index in [-0.39, 0.29) is 34.2 Å². The Kier molecular flexibility index (Phi) is 10.1. The van der Waals surface area contributed by atoms with Crippen LogP contribution in [0, 0.1) is 6.92 Å². The minimum atomic E-state index is -4.33. The number of hydrogen-bond donors (Lipinski definition) is 3. The fourth-order valence-electron chi connectivity index (χ4n) is 4.07. The van der Waals surface area contributed by atoms with Gasteiger partial charge in [-0.3, -0.25) is 20.3 Å². The summed E-state index contributed by atoms with van der Waals surface area (Å²) < 4.78 is 26.1. The van der Waals surface area contributed by atoms with Gasteiger partial charge in [-0.05, 0) is 36.1 Å². The molecule has 196 valence electrons. The molecular weight excluding hydrogens is 510 g/mol. The molecule has 0 unspecified atom stereocenters. The lowest BCUT2D eigenvalue weighted by atomic mass is 9.97. The van der Waals surface area contributed by atoms with E-state index in [1.807, 2.05) is 24.3 Å². The Morgan fingerprint density at radius 2 is 1.89 bits per heavy atom. The van der Waals surface area contributed by atoms with Crippen molar-refractivity contribution >= 4 is 40.4 Å². The SMILES string of the molecule is Cc1ccccc1S(=O)(=O)N(N)[C@@H](CC(=O)C[C@@H]1C[C@H](c2ccc(C=NN)cc2)N(C)O1)C(=O)O.Cl. The molecule has 11 nitrogen and oxygen atoms in total. The summed E-state index contributed by atoms with van der Waals surface area (Å²) in [5, 5.41) is 14.8. The maximum Gasteiger partial charge on any atom is 0.324 e. The lowest BCUT2D eigenvalue weighted by Gasteiger charge is -2.24. The number of ketones is 1. The zero-order valence-corrected chi connectivity index (χ0v) is 21.5. The standard InChI is InChI=1S/C23H29N5O6S.ClH/c1-15-5-3-4-6-22(15)35(32,33)28(25)21(23(30)31)12-18(29)11-19-13-20(27(2)34-19)17-9-7-16(8-10-17)14-26-24;/h3-10,14,19-21H,11-13,24-25H2,1-2H3,(H,30,31);1H/t19-,20-,21+;/m1./s1. The van der Waals surface area contributed by atoms with Crippen LogP contribution in [0.15, 0.2) is 58.5 Å². The number of halogens is 1. The van der Waals surface area contributed by atoms with Crippen LogP contribution in [-0.4, -0.2) is 60.2 Å². The zero-order valence-electron chi connectivity index (χ0n) is 19.9. The highest BCUT2D eigenvalue weighted by Gasteiger charge is 2.38. The van der Waals surface area contributed by atoms with Crippen LogP contribution in [0.4, 0.5) is 0 Å². The second kappa shape index (κ2) is 12.4. The second-order valence-corrected chi connectivity index (χ2v) is 10.2. The third kappa shape index (κ3) is 6.66. The molecular formula is C23H30ClN5O6S. The number of aryl methyl sites for hydroxylation is 1. The summed E-state index contributed by atoms with van der Waals surface area (Å²) in [6, 6.07) is 11.8. The average molecular weight is 540 g/mol. The number of carbonyl (C=O) groups excluding carboxylic acids is 1. The molecule has 3 atom stereocenters. The van der Waals surface area contributed by atoms with Gasteiger partial charge in [-0.15, -0.1) is 16.8 Å². The monoisotopic (exact) mass is 539 g/mol. The number of Topliss-reactive ketones (excluding diaryl/α,β-unsaturated/α-hetero) is 1. The van der Waals surface area contributed by atoms with Crippen molar-refractivity contribution in [2.24, 2.45) is 16.8 Å². The highest BCUT2D eigenvalue weighted by atomic mass is 35.5. The maximum absolute atomic E-state index is 12.9. The van der Waals surface area contributed by atoms with Gasteiger partial charge in [0.05, 0.1) is 23.3 Å². The van der Waals surface area contributed by atoms with Gasteiger partial charge in [0.2, 0.25) is 0 Å². The van der Waals surface area contributed by atoms with E-state index in [2.05, 4.69) is 5.10 Å². The number of rotatable bonds is 10. The van der Waals surface area contributed by atoms with Crippen molar-refractivity contribution in [3.63, 3.8) is 0 Å². The molecule has 0 saturated carbocycles. The van der Waals surface area contributed by atoms with Crippen molar-refractivity contribution in [2.45, 2.75) is 49.3 Å². The Morgan fingerprint density at radius 1 is 1.25 bits per heavy atom. The van der Waals surface area contributed by atoms with Gasteiger partial charge in [0.15, 0.2) is 0 Å². The summed E-state index contributed by atoms with van der Waals surface area (Å²) in [5.41, 5.74) is 2.23. The van der Waals surface area contributed by atoms with E-state index in [1.54, 1.807) is 31.2 Å². The van der Waals surface area contributed by atoms with Crippen LogP contribution in [-0.2, 0) is 24.4 Å². The molecule has 1 heterocycles. The Labute approximate surface area is 216 Å². The molecule has 0 amide bonds. The van der Waals surface area contributed by atoms with E-state index in [4.69, 9.17) is 16.5 Å². The summed E-state index contributed by atoms with van der Waals surface area (Å²) in [7, 11) is -2.58. The number of nitrogens with two attached hydrogens (primary N) is 2. The van der Waals surface area contributed by atoms with Crippen LogP contribution in [0.1, 0.15) is 42.0 Å². The Morgan fingerprint density at radius 3 is 2.47 bits per heavy atom. The van der Waals surface area contributed by atoms with Gasteiger partial charge in [-0.2, -0.15) is 10.2 Å². The fraction of sp³-hybridized carbons (Fsp3) is 0.348. The van der Waals surface area contributed by atoms with Crippen LogP contribution in [0.2, 0.25) is 0 Å². The Balaban J connectivity index is 0.00000456. The Hall–Kier alpha value is -2.87. The van der Waals surface area contributed by atoms with Gasteiger partial charge < -0.3 is 10.9 Å². The minimum Gasteiger partial charge on any atom is -0.480 e. The smallest absolute Gasteiger partial charge is 0.324 e. The number of benzene rings is 2.